The lowest BCUT2D eigenvalue weighted by molar-refractivity contribution is -0.385. The van der Waals surface area contributed by atoms with Gasteiger partial charge in [-0.25, -0.2) is 0 Å². The van der Waals surface area contributed by atoms with E-state index in [0.29, 0.717) is 25.7 Å². The van der Waals surface area contributed by atoms with Crippen LogP contribution in [-0.4, -0.2) is 35.8 Å². The van der Waals surface area contributed by atoms with Gasteiger partial charge in [0.1, 0.15) is 0 Å². The van der Waals surface area contributed by atoms with Gasteiger partial charge in [-0.15, -0.1) is 0 Å². The summed E-state index contributed by atoms with van der Waals surface area (Å²) in [5.74, 6) is 0.331. The number of nitrogens with zero attached hydrogens (tertiary/aromatic N) is 2. The molecule has 2 rings (SSSR count). The molecule has 0 amide bonds. The molecule has 1 aromatic carbocycles. The molecule has 114 valence electrons. The van der Waals surface area contributed by atoms with Gasteiger partial charge in [-0.05, 0) is 30.9 Å². The highest BCUT2D eigenvalue weighted by Gasteiger charge is 2.20. The lowest BCUT2D eigenvalue weighted by Crippen LogP contribution is -2.21. The Labute approximate surface area is 121 Å². The molecule has 0 saturated carbocycles. The van der Waals surface area contributed by atoms with Gasteiger partial charge in [-0.3, -0.25) is 10.1 Å². The number of hydrogen-bond acceptors (Lipinski definition) is 6. The van der Waals surface area contributed by atoms with Crippen molar-refractivity contribution in [1.29, 1.82) is 0 Å². The smallest absolute Gasteiger partial charge is 0.311 e. The summed E-state index contributed by atoms with van der Waals surface area (Å²) in [5, 5.41) is 22.5. The Morgan fingerprint density at radius 3 is 2.86 bits per heavy atom. The van der Waals surface area contributed by atoms with E-state index in [1.165, 1.54) is 18.2 Å². The van der Waals surface area contributed by atoms with Crippen LogP contribution in [0.5, 0.6) is 5.75 Å². The number of hydrogen-bond donors (Lipinski definition) is 2. The van der Waals surface area contributed by atoms with Crippen molar-refractivity contribution in [2.24, 2.45) is 16.8 Å². The van der Waals surface area contributed by atoms with E-state index in [2.05, 4.69) is 5.16 Å². The Kier molecular flexibility index (Phi) is 4.94. The first kappa shape index (κ1) is 15.0. The van der Waals surface area contributed by atoms with Crippen LogP contribution >= 0.6 is 0 Å². The Morgan fingerprint density at radius 1 is 1.52 bits per heavy atom. The zero-order chi connectivity index (χ0) is 15.2. The molecule has 1 aromatic rings. The minimum atomic E-state index is -0.548. The molecule has 0 radical (unpaired) electrons. The van der Waals surface area contributed by atoms with E-state index in [4.69, 9.17) is 20.4 Å². The summed E-state index contributed by atoms with van der Waals surface area (Å²) in [7, 11) is 0. The van der Waals surface area contributed by atoms with Crippen LogP contribution < -0.4 is 10.5 Å². The molecule has 1 saturated heterocycles. The maximum atomic E-state index is 11.1. The monoisotopic (exact) mass is 295 g/mol. The van der Waals surface area contributed by atoms with E-state index < -0.39 is 4.92 Å². The second kappa shape index (κ2) is 6.89. The lowest BCUT2D eigenvalue weighted by Gasteiger charge is -2.22. The van der Waals surface area contributed by atoms with Gasteiger partial charge >= 0.3 is 5.69 Å². The van der Waals surface area contributed by atoms with Crippen LogP contribution in [0.2, 0.25) is 0 Å². The molecule has 0 unspecified atom stereocenters. The Bertz CT molecular complexity index is 541. The van der Waals surface area contributed by atoms with Gasteiger partial charge in [0.15, 0.2) is 11.6 Å². The van der Waals surface area contributed by atoms with Crippen LogP contribution in [0.4, 0.5) is 5.69 Å². The molecule has 1 aliphatic rings. The number of nitro groups is 1. The van der Waals surface area contributed by atoms with Crippen LogP contribution in [0.3, 0.4) is 0 Å². The molecule has 0 bridgehead atoms. The third kappa shape index (κ3) is 3.82. The number of amidine groups is 1. The van der Waals surface area contributed by atoms with Crippen molar-refractivity contribution in [2.75, 3.05) is 19.8 Å². The van der Waals surface area contributed by atoms with Gasteiger partial charge in [0.05, 0.1) is 11.5 Å². The van der Waals surface area contributed by atoms with Crippen molar-refractivity contribution in [3.8, 4) is 5.75 Å². The maximum Gasteiger partial charge on any atom is 0.311 e. The molecule has 8 heteroatoms. The predicted molar refractivity (Wildman–Crippen MR) is 74.6 cm³/mol. The lowest BCUT2D eigenvalue weighted by atomic mass is 10.0. The number of nitro benzene ring substituents is 1. The van der Waals surface area contributed by atoms with Crippen molar-refractivity contribution in [2.45, 2.75) is 12.8 Å². The fourth-order valence-corrected chi connectivity index (χ4v) is 2.12. The molecule has 21 heavy (non-hydrogen) atoms. The zero-order valence-corrected chi connectivity index (χ0v) is 11.4. The Hall–Kier alpha value is -2.35. The summed E-state index contributed by atoms with van der Waals surface area (Å²) in [5.41, 5.74) is 5.49. The van der Waals surface area contributed by atoms with Crippen LogP contribution in [0.1, 0.15) is 18.4 Å². The van der Waals surface area contributed by atoms with Crippen LogP contribution in [0.25, 0.3) is 0 Å². The molecule has 1 aliphatic heterocycles. The molecule has 0 atom stereocenters. The molecule has 0 spiro atoms. The molecule has 1 fully saturated rings. The summed E-state index contributed by atoms with van der Waals surface area (Å²) in [6, 6.07) is 4.21. The average Bonchev–Trinajstić information content (AvgIpc) is 2.52. The highest BCUT2D eigenvalue weighted by Crippen LogP contribution is 2.29. The minimum absolute atomic E-state index is 0.181. The number of benzene rings is 1. The van der Waals surface area contributed by atoms with Crippen molar-refractivity contribution < 1.29 is 19.6 Å². The third-order valence-corrected chi connectivity index (χ3v) is 3.37. The topological polar surface area (TPSA) is 120 Å². The summed E-state index contributed by atoms with van der Waals surface area (Å²) < 4.78 is 10.8. The highest BCUT2D eigenvalue weighted by atomic mass is 16.6. The van der Waals surface area contributed by atoms with Gasteiger partial charge in [-0.1, -0.05) is 5.16 Å². The first-order valence-electron chi connectivity index (χ1n) is 6.58. The predicted octanol–water partition coefficient (Wildman–Crippen LogP) is 1.49. The second-order valence-corrected chi connectivity index (χ2v) is 4.79. The number of rotatable bonds is 5. The third-order valence-electron chi connectivity index (χ3n) is 3.37. The zero-order valence-electron chi connectivity index (χ0n) is 11.4. The SMILES string of the molecule is NC(=NO)c1ccc(OCC2CCOCC2)c([N+](=O)[O-])c1. The van der Waals surface area contributed by atoms with Crippen molar-refractivity contribution in [3.63, 3.8) is 0 Å². The fourth-order valence-electron chi connectivity index (χ4n) is 2.12. The minimum Gasteiger partial charge on any atom is -0.487 e. The van der Waals surface area contributed by atoms with Crippen LogP contribution in [0.15, 0.2) is 23.4 Å². The second-order valence-electron chi connectivity index (χ2n) is 4.79. The van der Waals surface area contributed by atoms with Crippen LogP contribution in [0, 0.1) is 16.0 Å². The first-order chi connectivity index (χ1) is 10.1. The molecule has 3 N–H and O–H groups in total. The summed E-state index contributed by atoms with van der Waals surface area (Å²) in [4.78, 5) is 10.6. The van der Waals surface area contributed by atoms with E-state index in [0.717, 1.165) is 12.8 Å². The highest BCUT2D eigenvalue weighted by molar-refractivity contribution is 5.97. The van der Waals surface area contributed by atoms with E-state index in [9.17, 15) is 10.1 Å². The molecule has 0 aromatic heterocycles. The van der Waals surface area contributed by atoms with E-state index in [1.54, 1.807) is 0 Å². The Balaban J connectivity index is 2.12. The van der Waals surface area contributed by atoms with Crippen LogP contribution in [-0.2, 0) is 4.74 Å². The number of oxime groups is 1. The van der Waals surface area contributed by atoms with Gasteiger partial charge in [-0.2, -0.15) is 0 Å². The number of nitrogens with two attached hydrogens (primary N) is 1. The normalized spacial score (nSPS) is 16.7. The molecular formula is C13H17N3O5. The van der Waals surface area contributed by atoms with Gasteiger partial charge in [0.2, 0.25) is 0 Å². The van der Waals surface area contributed by atoms with E-state index >= 15 is 0 Å². The molecule has 0 aliphatic carbocycles. The first-order valence-corrected chi connectivity index (χ1v) is 6.58. The molecule has 8 nitrogen and oxygen atoms in total. The van der Waals surface area contributed by atoms with Crippen molar-refractivity contribution >= 4 is 11.5 Å². The number of ether oxygens (including phenoxy) is 2. The summed E-state index contributed by atoms with van der Waals surface area (Å²) >= 11 is 0. The van der Waals surface area contributed by atoms with Crippen molar-refractivity contribution in [1.82, 2.24) is 0 Å². The van der Waals surface area contributed by atoms with Gasteiger partial charge in [0, 0.05) is 24.8 Å². The molecular weight excluding hydrogens is 278 g/mol. The molecule has 1 heterocycles. The van der Waals surface area contributed by atoms with Gasteiger partial charge in [0.25, 0.3) is 0 Å². The average molecular weight is 295 g/mol. The maximum absolute atomic E-state index is 11.1. The van der Waals surface area contributed by atoms with E-state index in [1.807, 2.05) is 0 Å². The largest absolute Gasteiger partial charge is 0.487 e. The fraction of sp³-hybridized carbons (Fsp3) is 0.462. The van der Waals surface area contributed by atoms with Crippen molar-refractivity contribution in [3.05, 3.63) is 33.9 Å². The standard InChI is InChI=1S/C13H17N3O5/c14-13(15-17)10-1-2-12(11(7-10)16(18)19)21-8-9-3-5-20-6-4-9/h1-2,7,9,17H,3-6,8H2,(H2,14,15). The van der Waals surface area contributed by atoms with E-state index in [-0.39, 0.29) is 22.8 Å². The summed E-state index contributed by atoms with van der Waals surface area (Å²) in [6.45, 7) is 1.80. The van der Waals surface area contributed by atoms with Gasteiger partial charge < -0.3 is 20.4 Å². The quantitative estimate of drug-likeness (QED) is 0.279. The Morgan fingerprint density at radius 2 is 2.24 bits per heavy atom. The summed E-state index contributed by atoms with van der Waals surface area (Å²) in [6.07, 6.45) is 1.77.